The summed E-state index contributed by atoms with van der Waals surface area (Å²) < 4.78 is 53.1. The topological polar surface area (TPSA) is 279 Å². The molecule has 0 unspecified atom stereocenters. The third-order valence-electron chi connectivity index (χ3n) is 7.99. The number of nitrogens with one attached hydrogen (secondary N) is 1. The number of phosphoric acid groups is 3. The molecule has 39 heavy (non-hydrogen) atoms. The third kappa shape index (κ3) is 7.75. The second-order valence-corrected chi connectivity index (χ2v) is 14.5. The molecule has 5 aliphatic carbocycles. The Labute approximate surface area is 222 Å². The van der Waals surface area contributed by atoms with Gasteiger partial charge in [-0.15, -0.1) is 0 Å². The second-order valence-electron chi connectivity index (χ2n) is 11.0. The quantitative estimate of drug-likeness (QED) is 0.0970. The van der Waals surface area contributed by atoms with E-state index < -0.39 is 72.1 Å². The predicted octanol–water partition coefficient (Wildman–Crippen LogP) is -1.13. The van der Waals surface area contributed by atoms with Crippen molar-refractivity contribution in [3.05, 3.63) is 0 Å². The van der Waals surface area contributed by atoms with Crippen LogP contribution in [0.2, 0.25) is 0 Å². The van der Waals surface area contributed by atoms with Crippen LogP contribution in [0.25, 0.3) is 0 Å². The van der Waals surface area contributed by atoms with Gasteiger partial charge in [0, 0.05) is 12.0 Å². The fourth-order valence-electron chi connectivity index (χ4n) is 7.12. The van der Waals surface area contributed by atoms with E-state index in [1.165, 1.54) is 0 Å². The maximum absolute atomic E-state index is 13.1. The zero-order valence-electron chi connectivity index (χ0n) is 20.5. The maximum Gasteiger partial charge on any atom is 0.470 e. The molecule has 5 aliphatic rings. The van der Waals surface area contributed by atoms with Crippen molar-refractivity contribution < 1.29 is 76.4 Å². The molecule has 17 nitrogen and oxygen atoms in total. The number of aliphatic hydroxyl groups excluding tert-OH is 2. The molecule has 0 aliphatic heterocycles. The van der Waals surface area contributed by atoms with E-state index in [9.17, 15) is 48.3 Å². The first-order valence-electron chi connectivity index (χ1n) is 12.3. The molecule has 1 amide bonds. The molecule has 9 N–H and O–H groups in total. The van der Waals surface area contributed by atoms with Crippen LogP contribution in [0.15, 0.2) is 0 Å². The Morgan fingerprint density at radius 3 is 1.44 bits per heavy atom. The smallest absolute Gasteiger partial charge is 0.387 e. The first-order chi connectivity index (χ1) is 17.9. The van der Waals surface area contributed by atoms with Gasteiger partial charge in [0.1, 0.15) is 36.6 Å². The van der Waals surface area contributed by atoms with Gasteiger partial charge in [0.15, 0.2) is 0 Å². The van der Waals surface area contributed by atoms with Gasteiger partial charge in [0.2, 0.25) is 5.91 Å². The summed E-state index contributed by atoms with van der Waals surface area (Å²) in [4.78, 5) is 68.5. The molecule has 4 bridgehead atoms. The summed E-state index contributed by atoms with van der Waals surface area (Å²) in [5.41, 5.74) is -0.475. The molecule has 5 saturated carbocycles. The number of hydrogen-bond acceptors (Lipinski definition) is 10. The molecule has 5 rings (SSSR count). The predicted molar refractivity (Wildman–Crippen MR) is 126 cm³/mol. The van der Waals surface area contributed by atoms with Crippen LogP contribution in [0.1, 0.15) is 38.5 Å². The summed E-state index contributed by atoms with van der Waals surface area (Å²) >= 11 is 0. The van der Waals surface area contributed by atoms with E-state index in [1.54, 1.807) is 0 Å². The Kier molecular flexibility index (Phi) is 9.24. The Morgan fingerprint density at radius 1 is 0.692 bits per heavy atom. The second kappa shape index (κ2) is 11.4. The van der Waals surface area contributed by atoms with Gasteiger partial charge in [-0.3, -0.25) is 18.4 Å². The van der Waals surface area contributed by atoms with E-state index in [-0.39, 0.29) is 12.5 Å². The van der Waals surface area contributed by atoms with Crippen LogP contribution >= 0.6 is 23.5 Å². The van der Waals surface area contributed by atoms with Gasteiger partial charge >= 0.3 is 23.5 Å². The average Bonchev–Trinajstić information content (AvgIpc) is 2.75. The fraction of sp³-hybridized carbons (Fsp3) is 0.947. The molecule has 0 aromatic rings. The van der Waals surface area contributed by atoms with Crippen molar-refractivity contribution in [3.8, 4) is 0 Å². The van der Waals surface area contributed by atoms with Crippen molar-refractivity contribution >= 4 is 29.4 Å². The first-order valence-corrected chi connectivity index (χ1v) is 16.9. The average molecular weight is 625 g/mol. The third-order valence-corrected chi connectivity index (χ3v) is 9.54. The minimum Gasteiger partial charge on any atom is -0.387 e. The van der Waals surface area contributed by atoms with E-state index in [0.717, 1.165) is 38.5 Å². The van der Waals surface area contributed by atoms with Crippen LogP contribution in [0.3, 0.4) is 0 Å². The van der Waals surface area contributed by atoms with E-state index in [1.807, 2.05) is 0 Å². The first kappa shape index (κ1) is 31.6. The molecule has 0 aromatic carbocycles. The Morgan fingerprint density at radius 2 is 1.05 bits per heavy atom. The molecule has 20 heteroatoms. The molecule has 0 heterocycles. The molecule has 5 fully saturated rings. The molecule has 0 radical (unpaired) electrons. The lowest BCUT2D eigenvalue weighted by molar-refractivity contribution is -0.224. The number of carbonyl (C=O) groups excluding carboxylic acids is 1. The van der Waals surface area contributed by atoms with Gasteiger partial charge in [0.25, 0.3) is 0 Å². The van der Waals surface area contributed by atoms with Crippen molar-refractivity contribution in [2.45, 2.75) is 75.1 Å². The molecule has 0 aromatic heterocycles. The SMILES string of the molecule is O=C(NCCO[C@@H]1[C@H](O)[C@@H](OP(=O)(O)O)[C@H](OP(=O)(O)O)[C@@H](O)[C@@H]1OP(=O)(O)O)C12CC3CC(CC(C3)C1)C2. The van der Waals surface area contributed by atoms with Crippen molar-refractivity contribution in [3.63, 3.8) is 0 Å². The fourth-order valence-corrected chi connectivity index (χ4v) is 8.81. The van der Waals surface area contributed by atoms with E-state index >= 15 is 0 Å². The largest absolute Gasteiger partial charge is 0.470 e. The highest BCUT2D eigenvalue weighted by Crippen LogP contribution is 2.60. The van der Waals surface area contributed by atoms with Gasteiger partial charge < -0.3 is 49.6 Å². The molecular weight excluding hydrogens is 591 g/mol. The number of rotatable bonds is 11. The number of carbonyl (C=O) groups is 1. The van der Waals surface area contributed by atoms with Gasteiger partial charge in [-0.05, 0) is 56.3 Å². The molecule has 6 atom stereocenters. The number of phosphoric ester groups is 3. The minimum atomic E-state index is -5.50. The number of amides is 1. The lowest BCUT2D eigenvalue weighted by atomic mass is 9.49. The number of ether oxygens (including phenoxy) is 1. The van der Waals surface area contributed by atoms with Crippen molar-refractivity contribution in [1.82, 2.24) is 5.32 Å². The van der Waals surface area contributed by atoms with Crippen LogP contribution in [0.4, 0.5) is 0 Å². The minimum absolute atomic E-state index is 0.130. The van der Waals surface area contributed by atoms with Gasteiger partial charge in [-0.2, -0.15) is 0 Å². The van der Waals surface area contributed by atoms with Crippen molar-refractivity contribution in [1.29, 1.82) is 0 Å². The Bertz CT molecular complexity index is 1020. The zero-order valence-corrected chi connectivity index (χ0v) is 23.2. The lowest BCUT2D eigenvalue weighted by Gasteiger charge is -2.55. The van der Waals surface area contributed by atoms with Crippen LogP contribution in [-0.4, -0.2) is 95.3 Å². The van der Waals surface area contributed by atoms with Crippen molar-refractivity contribution in [2.24, 2.45) is 23.2 Å². The number of hydrogen-bond donors (Lipinski definition) is 9. The Balaban J connectivity index is 1.46. The van der Waals surface area contributed by atoms with Crippen LogP contribution in [-0.2, 0) is 36.8 Å². The normalized spacial score (nSPS) is 40.6. The number of aliphatic hydroxyl groups is 2. The van der Waals surface area contributed by atoms with Crippen LogP contribution < -0.4 is 5.32 Å². The van der Waals surface area contributed by atoms with Gasteiger partial charge in [-0.25, -0.2) is 13.7 Å². The highest BCUT2D eigenvalue weighted by molar-refractivity contribution is 7.46. The molecular formula is C19H34NO16P3. The monoisotopic (exact) mass is 625 g/mol. The standard InChI is InChI=1S/C19H34NO16P3/c21-12-14(33-2-1-20-18(23)19-6-9-3-10(7-19)5-11(4-9)8-19)15(34-37(24,25)26)13(22)17(36-39(30,31)32)16(12)35-38(27,28)29/h9-17,21-22H,1-8H2,(H,20,23)(H2,24,25,26)(H2,27,28,29)(H2,30,31,32)/t9?,10?,11?,12-,13-,14+,15-,16+,17+,19?/m0/s1. The van der Waals surface area contributed by atoms with Crippen molar-refractivity contribution in [2.75, 3.05) is 13.2 Å². The molecule has 0 saturated heterocycles. The Hall–Kier alpha value is -0.320. The van der Waals surface area contributed by atoms with Gasteiger partial charge in [-0.1, -0.05) is 0 Å². The van der Waals surface area contributed by atoms with E-state index in [0.29, 0.717) is 17.8 Å². The van der Waals surface area contributed by atoms with E-state index in [4.69, 9.17) is 14.5 Å². The van der Waals surface area contributed by atoms with E-state index in [2.05, 4.69) is 18.9 Å². The highest BCUT2D eigenvalue weighted by Gasteiger charge is 2.58. The summed E-state index contributed by atoms with van der Waals surface area (Å²) in [6, 6.07) is 0. The summed E-state index contributed by atoms with van der Waals surface area (Å²) in [6.45, 7) is -0.533. The maximum atomic E-state index is 13.1. The molecule has 226 valence electrons. The summed E-state index contributed by atoms with van der Waals surface area (Å²) in [7, 11) is -16.4. The summed E-state index contributed by atoms with van der Waals surface area (Å²) in [6.07, 6.45) is -7.85. The highest BCUT2D eigenvalue weighted by atomic mass is 31.2. The lowest BCUT2D eigenvalue weighted by Crippen LogP contribution is -2.66. The van der Waals surface area contributed by atoms with Crippen LogP contribution in [0.5, 0.6) is 0 Å². The molecule has 0 spiro atoms. The summed E-state index contributed by atoms with van der Waals surface area (Å²) in [5, 5.41) is 24.1. The summed E-state index contributed by atoms with van der Waals surface area (Å²) in [5.74, 6) is 1.38. The zero-order chi connectivity index (χ0) is 29.0. The van der Waals surface area contributed by atoms with Crippen LogP contribution in [0, 0.1) is 23.2 Å². The van der Waals surface area contributed by atoms with Gasteiger partial charge in [0.05, 0.1) is 6.61 Å².